The second-order valence-electron chi connectivity index (χ2n) is 4.85. The van der Waals surface area contributed by atoms with Gasteiger partial charge in [0.25, 0.3) is 0 Å². The van der Waals surface area contributed by atoms with E-state index in [1.165, 1.54) is 13.8 Å². The Hall–Kier alpha value is -2.52. The van der Waals surface area contributed by atoms with E-state index in [0.29, 0.717) is 0 Å². The monoisotopic (exact) mass is 304 g/mol. The highest BCUT2D eigenvalue weighted by molar-refractivity contribution is 5.92. The number of rotatable bonds is 8. The van der Waals surface area contributed by atoms with E-state index >= 15 is 0 Å². The summed E-state index contributed by atoms with van der Waals surface area (Å²) in [6, 6.07) is -1.11. The number of carbonyl (C=O) groups excluding carboxylic acids is 2. The predicted octanol–water partition coefficient (Wildman–Crippen LogP) is -0.949. The van der Waals surface area contributed by atoms with Crippen LogP contribution in [0.1, 0.15) is 26.7 Å². The van der Waals surface area contributed by atoms with E-state index in [-0.39, 0.29) is 19.4 Å². The molecular formula is C11H20N4O6. The van der Waals surface area contributed by atoms with Gasteiger partial charge in [0.05, 0.1) is 0 Å². The zero-order valence-electron chi connectivity index (χ0n) is 11.8. The Bertz CT molecular complexity index is 423. The Kier molecular flexibility index (Phi) is 6.97. The quantitative estimate of drug-likeness (QED) is 0.315. The minimum atomic E-state index is -1.40. The summed E-state index contributed by atoms with van der Waals surface area (Å²) < 4.78 is 0. The molecule has 7 N–H and O–H groups in total. The molecule has 0 aliphatic rings. The molecule has 0 aromatic carbocycles. The van der Waals surface area contributed by atoms with Crippen molar-refractivity contribution < 1.29 is 29.4 Å². The maximum absolute atomic E-state index is 11.9. The van der Waals surface area contributed by atoms with Crippen molar-refractivity contribution in [3.63, 3.8) is 0 Å². The zero-order valence-corrected chi connectivity index (χ0v) is 11.8. The van der Waals surface area contributed by atoms with Gasteiger partial charge in [-0.1, -0.05) is 0 Å². The van der Waals surface area contributed by atoms with E-state index in [9.17, 15) is 19.2 Å². The lowest BCUT2D eigenvalue weighted by Crippen LogP contribution is -2.58. The third-order valence-corrected chi connectivity index (χ3v) is 2.61. The molecule has 0 aromatic rings. The van der Waals surface area contributed by atoms with Gasteiger partial charge < -0.3 is 31.9 Å². The molecule has 0 heterocycles. The third-order valence-electron chi connectivity index (χ3n) is 2.61. The van der Waals surface area contributed by atoms with Crippen LogP contribution in [0.25, 0.3) is 0 Å². The number of nitrogens with one attached hydrogen (secondary N) is 3. The number of nitrogens with two attached hydrogens (primary N) is 1. The van der Waals surface area contributed by atoms with Crippen LogP contribution in [0.5, 0.6) is 0 Å². The Balaban J connectivity index is 4.59. The van der Waals surface area contributed by atoms with Crippen molar-refractivity contribution in [2.75, 3.05) is 6.54 Å². The van der Waals surface area contributed by atoms with Crippen molar-refractivity contribution >= 4 is 24.0 Å². The first-order chi connectivity index (χ1) is 9.56. The lowest BCUT2D eigenvalue weighted by Gasteiger charge is -2.25. The Morgan fingerprint density at radius 3 is 2.14 bits per heavy atom. The van der Waals surface area contributed by atoms with E-state index in [1.54, 1.807) is 0 Å². The van der Waals surface area contributed by atoms with Gasteiger partial charge in [-0.2, -0.15) is 0 Å². The smallest absolute Gasteiger partial charge is 0.405 e. The first-order valence-electron chi connectivity index (χ1n) is 6.14. The molecule has 0 aliphatic heterocycles. The fourth-order valence-electron chi connectivity index (χ4n) is 1.38. The van der Waals surface area contributed by atoms with Gasteiger partial charge in [0.15, 0.2) is 0 Å². The molecule has 0 unspecified atom stereocenters. The van der Waals surface area contributed by atoms with E-state index in [1.807, 2.05) is 5.32 Å². The number of primary amides is 1. The standard InChI is InChI=1S/C11H20N4O6/c1-11(2,8(12)17)15-7(16)6(14-10(20)21)4-3-5-13-9(18)19/h6,13-14H,3-5H2,1-2H3,(H2,12,17)(H,15,16)(H,18,19)(H,20,21)/t6-/m1/s1. The highest BCUT2D eigenvalue weighted by atomic mass is 16.4. The molecule has 0 rings (SSSR count). The maximum Gasteiger partial charge on any atom is 0.405 e. The van der Waals surface area contributed by atoms with Crippen LogP contribution in [0.4, 0.5) is 9.59 Å². The summed E-state index contributed by atoms with van der Waals surface area (Å²) in [4.78, 5) is 44.0. The molecule has 4 amide bonds. The average Bonchev–Trinajstić information content (AvgIpc) is 2.31. The molecule has 0 radical (unpaired) electrons. The summed E-state index contributed by atoms with van der Waals surface area (Å²) in [6.07, 6.45) is -2.31. The topological polar surface area (TPSA) is 171 Å². The molecule has 0 saturated heterocycles. The van der Waals surface area contributed by atoms with Crippen molar-refractivity contribution in [1.82, 2.24) is 16.0 Å². The molecule has 10 heteroatoms. The number of carbonyl (C=O) groups is 4. The van der Waals surface area contributed by atoms with Gasteiger partial charge in [0, 0.05) is 6.54 Å². The van der Waals surface area contributed by atoms with Gasteiger partial charge in [-0.15, -0.1) is 0 Å². The predicted molar refractivity (Wildman–Crippen MR) is 71.6 cm³/mol. The SMILES string of the molecule is CC(C)(NC(=O)[C@@H](CCCNC(=O)O)NC(=O)O)C(N)=O. The molecule has 0 aromatic heterocycles. The van der Waals surface area contributed by atoms with Gasteiger partial charge in [0.1, 0.15) is 11.6 Å². The Morgan fingerprint density at radius 2 is 1.71 bits per heavy atom. The minimum absolute atomic E-state index is 0.0628. The van der Waals surface area contributed by atoms with E-state index < -0.39 is 35.6 Å². The normalized spacial score (nSPS) is 12.1. The molecule has 0 aliphatic carbocycles. The lowest BCUT2D eigenvalue weighted by atomic mass is 10.0. The van der Waals surface area contributed by atoms with Crippen LogP contribution in [0.15, 0.2) is 0 Å². The van der Waals surface area contributed by atoms with Crippen LogP contribution in [0.3, 0.4) is 0 Å². The van der Waals surface area contributed by atoms with Crippen LogP contribution in [0.2, 0.25) is 0 Å². The second kappa shape index (κ2) is 7.92. The summed E-state index contributed by atoms with van der Waals surface area (Å²) >= 11 is 0. The van der Waals surface area contributed by atoms with Crippen molar-refractivity contribution in [2.24, 2.45) is 5.73 Å². The molecule has 120 valence electrons. The van der Waals surface area contributed by atoms with Crippen LogP contribution in [-0.4, -0.2) is 52.3 Å². The maximum atomic E-state index is 11.9. The van der Waals surface area contributed by atoms with Crippen LogP contribution < -0.4 is 21.7 Å². The Morgan fingerprint density at radius 1 is 1.14 bits per heavy atom. The highest BCUT2D eigenvalue weighted by Crippen LogP contribution is 2.04. The van der Waals surface area contributed by atoms with Crippen LogP contribution in [-0.2, 0) is 9.59 Å². The average molecular weight is 304 g/mol. The molecule has 21 heavy (non-hydrogen) atoms. The molecular weight excluding hydrogens is 284 g/mol. The number of hydrogen-bond donors (Lipinski definition) is 6. The first kappa shape index (κ1) is 18.5. The molecule has 0 bridgehead atoms. The van der Waals surface area contributed by atoms with E-state index in [4.69, 9.17) is 15.9 Å². The van der Waals surface area contributed by atoms with Gasteiger partial charge >= 0.3 is 12.2 Å². The fourth-order valence-corrected chi connectivity index (χ4v) is 1.38. The van der Waals surface area contributed by atoms with Crippen molar-refractivity contribution in [3.05, 3.63) is 0 Å². The molecule has 0 fully saturated rings. The largest absolute Gasteiger partial charge is 0.465 e. The summed E-state index contributed by atoms with van der Waals surface area (Å²) in [5.41, 5.74) is 3.78. The number of amides is 4. The van der Waals surface area contributed by atoms with Gasteiger partial charge in [-0.25, -0.2) is 9.59 Å². The summed E-state index contributed by atoms with van der Waals surface area (Å²) in [6.45, 7) is 2.84. The summed E-state index contributed by atoms with van der Waals surface area (Å²) in [7, 11) is 0. The Labute approximate surface area is 121 Å². The van der Waals surface area contributed by atoms with E-state index in [0.717, 1.165) is 0 Å². The van der Waals surface area contributed by atoms with Crippen LogP contribution in [0, 0.1) is 0 Å². The fraction of sp³-hybridized carbons (Fsp3) is 0.636. The minimum Gasteiger partial charge on any atom is -0.465 e. The highest BCUT2D eigenvalue weighted by Gasteiger charge is 2.30. The second-order valence-corrected chi connectivity index (χ2v) is 4.85. The molecule has 1 atom stereocenters. The van der Waals surface area contributed by atoms with Crippen molar-refractivity contribution in [3.8, 4) is 0 Å². The van der Waals surface area contributed by atoms with Crippen LogP contribution >= 0.6 is 0 Å². The first-order valence-corrected chi connectivity index (χ1v) is 6.14. The number of carboxylic acid groups (broad SMARTS) is 2. The molecule has 0 saturated carbocycles. The zero-order chi connectivity index (χ0) is 16.6. The lowest BCUT2D eigenvalue weighted by molar-refractivity contribution is -0.131. The van der Waals surface area contributed by atoms with Gasteiger partial charge in [-0.3, -0.25) is 9.59 Å². The summed E-state index contributed by atoms with van der Waals surface area (Å²) in [5, 5.41) is 23.5. The third kappa shape index (κ3) is 7.60. The molecule has 10 nitrogen and oxygen atoms in total. The van der Waals surface area contributed by atoms with Gasteiger partial charge in [0.2, 0.25) is 11.8 Å². The molecule has 0 spiro atoms. The van der Waals surface area contributed by atoms with Crippen molar-refractivity contribution in [2.45, 2.75) is 38.3 Å². The summed E-state index contributed by atoms with van der Waals surface area (Å²) in [5.74, 6) is -1.48. The number of hydrogen-bond acceptors (Lipinski definition) is 4. The van der Waals surface area contributed by atoms with E-state index in [2.05, 4.69) is 10.6 Å². The van der Waals surface area contributed by atoms with Gasteiger partial charge in [-0.05, 0) is 26.7 Å². The van der Waals surface area contributed by atoms with Crippen molar-refractivity contribution in [1.29, 1.82) is 0 Å².